The third kappa shape index (κ3) is 2.61. The highest BCUT2D eigenvalue weighted by atomic mass is 15.5. The highest BCUT2D eigenvalue weighted by molar-refractivity contribution is 6.13. The van der Waals surface area contributed by atoms with Crippen molar-refractivity contribution in [3.05, 3.63) is 209 Å². The quantitative estimate of drug-likeness (QED) is 0.166. The Labute approximate surface area is 311 Å². The van der Waals surface area contributed by atoms with E-state index in [1.165, 1.54) is 94.9 Å². The van der Waals surface area contributed by atoms with E-state index >= 15 is 0 Å². The van der Waals surface area contributed by atoms with E-state index in [0.717, 1.165) is 0 Å². The van der Waals surface area contributed by atoms with Crippen LogP contribution in [0.4, 0.5) is 17.2 Å². The molecule has 9 aromatic rings. The molecule has 0 bridgehead atoms. The lowest BCUT2D eigenvalue weighted by molar-refractivity contribution is -0.991. The highest BCUT2D eigenvalue weighted by Gasteiger charge is 2.72. The Hall–Kier alpha value is -6.72. The monoisotopic (exact) mass is 691 g/mol. The SMILES string of the molecule is CC1(C)c2cccc3c2N2c4c1ccc1c4C4(c5c(ccc6c7ccccc7n-1c56)-n1ccc[n+]14)[n+]1cccc(c12)C3(c1ccccc1)c1ccccc1. The Morgan fingerprint density at radius 2 is 1.22 bits per heavy atom. The van der Waals surface area contributed by atoms with Crippen LogP contribution in [0.15, 0.2) is 164 Å². The molecule has 5 aliphatic heterocycles. The molecule has 14 rings (SSSR count). The molecule has 5 nitrogen and oxygen atoms in total. The van der Waals surface area contributed by atoms with Crippen molar-refractivity contribution in [2.75, 3.05) is 4.90 Å². The number of rotatable bonds is 2. The van der Waals surface area contributed by atoms with E-state index in [1.807, 2.05) is 0 Å². The van der Waals surface area contributed by atoms with Crippen molar-refractivity contribution in [3.63, 3.8) is 0 Å². The minimum atomic E-state index is -0.690. The lowest BCUT2D eigenvalue weighted by atomic mass is 9.59. The first-order valence-corrected chi connectivity index (χ1v) is 19.0. The summed E-state index contributed by atoms with van der Waals surface area (Å²) >= 11 is 0. The summed E-state index contributed by atoms with van der Waals surface area (Å²) in [5.74, 6) is 1.22. The van der Waals surface area contributed by atoms with E-state index in [4.69, 9.17) is 0 Å². The molecule has 1 atom stereocenters. The molecule has 0 N–H and O–H groups in total. The first kappa shape index (κ1) is 27.9. The van der Waals surface area contributed by atoms with Crippen LogP contribution in [0.1, 0.15) is 58.4 Å². The molecule has 252 valence electrons. The second-order valence-electron chi connectivity index (χ2n) is 16.2. The van der Waals surface area contributed by atoms with Crippen molar-refractivity contribution in [2.24, 2.45) is 0 Å². The summed E-state index contributed by atoms with van der Waals surface area (Å²) in [5, 5.41) is 2.58. The molecular formula is C49H33N5+2. The van der Waals surface area contributed by atoms with Crippen molar-refractivity contribution in [1.82, 2.24) is 9.25 Å². The number of fused-ring (bicyclic) bond motifs is 6. The average Bonchev–Trinajstić information content (AvgIpc) is 3.91. The zero-order chi connectivity index (χ0) is 35.3. The molecule has 54 heavy (non-hydrogen) atoms. The van der Waals surface area contributed by atoms with Gasteiger partial charge in [-0.3, -0.25) is 0 Å². The van der Waals surface area contributed by atoms with Gasteiger partial charge >= 0.3 is 5.66 Å². The predicted octanol–water partition coefficient (Wildman–Crippen LogP) is 9.19. The molecule has 1 unspecified atom stereocenters. The number of aromatic nitrogens is 4. The molecule has 1 spiro atoms. The standard InChI is InChI=1S/C49H33N5/c1-47(2)34-19-11-20-36-44(34)54-45-35(47)24-26-40-42(45)49(41-39(51-28-13-29-52(49)51)25-23-33-32-18-9-10-22-38(32)53(40)43(33)41)50-27-12-21-37(46(50)54)48(36,30-14-5-3-6-15-30)31-16-7-4-8-17-31/h3-29H,1-2H3/q+2. The van der Waals surface area contributed by atoms with Crippen LogP contribution in [0.2, 0.25) is 0 Å². The topological polar surface area (TPSA) is 20.9 Å². The van der Waals surface area contributed by atoms with E-state index in [-0.39, 0.29) is 5.41 Å². The molecule has 8 heterocycles. The van der Waals surface area contributed by atoms with Gasteiger partial charge < -0.3 is 4.57 Å². The lowest BCUT2D eigenvalue weighted by Crippen LogP contribution is -2.78. The summed E-state index contributed by atoms with van der Waals surface area (Å²) < 4.78 is 10.1. The fourth-order valence-electron chi connectivity index (χ4n) is 11.8. The smallest absolute Gasteiger partial charge is 0.307 e. The normalized spacial score (nSPS) is 18.9. The average molecular weight is 692 g/mol. The molecule has 5 aliphatic rings. The molecule has 3 aromatic heterocycles. The van der Waals surface area contributed by atoms with E-state index in [9.17, 15) is 0 Å². The van der Waals surface area contributed by atoms with Gasteiger partial charge in [0.1, 0.15) is 22.5 Å². The van der Waals surface area contributed by atoms with Gasteiger partial charge in [-0.1, -0.05) is 122 Å². The van der Waals surface area contributed by atoms with Gasteiger partial charge in [0.2, 0.25) is 6.20 Å². The second-order valence-corrected chi connectivity index (χ2v) is 16.2. The van der Waals surface area contributed by atoms with Crippen LogP contribution in [-0.2, 0) is 16.5 Å². The zero-order valence-electron chi connectivity index (χ0n) is 29.8. The number of pyridine rings is 1. The summed E-state index contributed by atoms with van der Waals surface area (Å²) in [5.41, 5.74) is 16.6. The predicted molar refractivity (Wildman–Crippen MR) is 211 cm³/mol. The summed E-state index contributed by atoms with van der Waals surface area (Å²) in [6.07, 6.45) is 6.90. The van der Waals surface area contributed by atoms with Gasteiger partial charge in [-0.15, -0.1) is 4.68 Å². The first-order chi connectivity index (χ1) is 26.6. The zero-order valence-corrected chi connectivity index (χ0v) is 29.8. The Morgan fingerprint density at radius 3 is 2.04 bits per heavy atom. The van der Waals surface area contributed by atoms with Crippen LogP contribution in [0.5, 0.6) is 0 Å². The largest absolute Gasteiger partial charge is 0.394 e. The van der Waals surface area contributed by atoms with Crippen LogP contribution in [0.25, 0.3) is 33.2 Å². The fourth-order valence-corrected chi connectivity index (χ4v) is 11.8. The first-order valence-electron chi connectivity index (χ1n) is 19.0. The fraction of sp³-hybridized carbons (Fsp3) is 0.102. The van der Waals surface area contributed by atoms with Gasteiger partial charge in [0.25, 0.3) is 5.82 Å². The van der Waals surface area contributed by atoms with Crippen LogP contribution < -0.4 is 14.1 Å². The number of hydrogen-bond acceptors (Lipinski definition) is 1. The molecule has 0 saturated heterocycles. The molecule has 0 saturated carbocycles. The maximum Gasteiger partial charge on any atom is 0.394 e. The van der Waals surface area contributed by atoms with Crippen LogP contribution in [0, 0.1) is 0 Å². The van der Waals surface area contributed by atoms with Crippen LogP contribution >= 0.6 is 0 Å². The van der Waals surface area contributed by atoms with Gasteiger partial charge in [-0.2, -0.15) is 9.47 Å². The molecular weight excluding hydrogens is 659 g/mol. The van der Waals surface area contributed by atoms with Crippen molar-refractivity contribution >= 4 is 39.0 Å². The van der Waals surface area contributed by atoms with E-state index < -0.39 is 11.1 Å². The Bertz CT molecular complexity index is 3160. The minimum Gasteiger partial charge on any atom is -0.307 e. The number of hydrogen-bond donors (Lipinski definition) is 0. The Balaban J connectivity index is 1.29. The lowest BCUT2D eigenvalue weighted by Gasteiger charge is -2.50. The maximum absolute atomic E-state index is 2.68. The number of benzene rings is 6. The summed E-state index contributed by atoms with van der Waals surface area (Å²) in [6.45, 7) is 4.88. The van der Waals surface area contributed by atoms with Gasteiger partial charge in [-0.05, 0) is 47.5 Å². The van der Waals surface area contributed by atoms with Crippen molar-refractivity contribution < 1.29 is 9.25 Å². The molecule has 0 radical (unpaired) electrons. The van der Waals surface area contributed by atoms with Gasteiger partial charge in [-0.25, -0.2) is 0 Å². The molecule has 5 heteroatoms. The van der Waals surface area contributed by atoms with Crippen LogP contribution in [-0.4, -0.2) is 9.25 Å². The van der Waals surface area contributed by atoms with Gasteiger partial charge in [0.05, 0.1) is 40.1 Å². The Morgan fingerprint density at radius 1 is 0.519 bits per heavy atom. The maximum atomic E-state index is 2.68. The number of para-hydroxylation sites is 2. The van der Waals surface area contributed by atoms with Crippen molar-refractivity contribution in [2.45, 2.75) is 30.3 Å². The van der Waals surface area contributed by atoms with Crippen molar-refractivity contribution in [3.8, 4) is 11.4 Å². The minimum absolute atomic E-state index is 0.278. The van der Waals surface area contributed by atoms with Crippen LogP contribution in [0.3, 0.4) is 0 Å². The summed E-state index contributed by atoms with van der Waals surface area (Å²) in [4.78, 5) is 2.68. The molecule has 0 fully saturated rings. The van der Waals surface area contributed by atoms with Gasteiger partial charge in [0.15, 0.2) is 5.69 Å². The molecule has 0 aliphatic carbocycles. The number of nitrogens with zero attached hydrogens (tertiary/aromatic N) is 5. The highest BCUT2D eigenvalue weighted by Crippen LogP contribution is 2.67. The van der Waals surface area contributed by atoms with Gasteiger partial charge in [0, 0.05) is 38.9 Å². The van der Waals surface area contributed by atoms with E-state index in [0.29, 0.717) is 0 Å². The summed E-state index contributed by atoms with van der Waals surface area (Å²) in [6, 6.07) is 55.1. The second kappa shape index (κ2) is 8.73. The van der Waals surface area contributed by atoms with Crippen molar-refractivity contribution in [1.29, 1.82) is 0 Å². The van der Waals surface area contributed by atoms with E-state index in [2.05, 4.69) is 201 Å². The summed E-state index contributed by atoms with van der Waals surface area (Å²) in [7, 11) is 0. The Kier molecular flexibility index (Phi) is 4.50. The third-order valence-electron chi connectivity index (χ3n) is 13.8. The number of anilines is 3. The molecule has 0 amide bonds. The molecule has 6 aromatic carbocycles. The third-order valence-corrected chi connectivity index (χ3v) is 13.8. The van der Waals surface area contributed by atoms with E-state index in [1.54, 1.807) is 0 Å².